The Morgan fingerprint density at radius 3 is 2.62 bits per heavy atom. The van der Waals surface area contributed by atoms with Crippen LogP contribution in [0.15, 0.2) is 47.5 Å². The van der Waals surface area contributed by atoms with Gasteiger partial charge in [0.25, 0.3) is 5.91 Å². The number of nitrogens with one attached hydrogen (secondary N) is 3. The molecule has 2 fully saturated rings. The third-order valence-corrected chi connectivity index (χ3v) is 6.06. The van der Waals surface area contributed by atoms with Crippen molar-refractivity contribution in [3.8, 4) is 0 Å². The number of Topliss-reactive ketones (excluding diaryl/α,β-unsaturated/α-hetero) is 1. The molecule has 164 valence electrons. The maximum atomic E-state index is 12.7. The van der Waals surface area contributed by atoms with Crippen LogP contribution in [-0.2, 0) is 4.79 Å². The van der Waals surface area contributed by atoms with Crippen molar-refractivity contribution in [2.45, 2.75) is 44.4 Å². The van der Waals surface area contributed by atoms with Gasteiger partial charge in [-0.25, -0.2) is 0 Å². The van der Waals surface area contributed by atoms with E-state index in [1.54, 1.807) is 6.07 Å². The highest BCUT2D eigenvalue weighted by atomic mass is 16.2. The number of hydrogen-bond donors (Lipinski definition) is 3. The molecule has 32 heavy (non-hydrogen) atoms. The van der Waals surface area contributed by atoms with E-state index in [0.29, 0.717) is 36.8 Å². The van der Waals surface area contributed by atoms with Gasteiger partial charge in [0.2, 0.25) is 11.9 Å². The second-order valence-electron chi connectivity index (χ2n) is 8.84. The SMILES string of the molecule is O=C1CCN=C(NC(=O)c2ccc(Nc3cccc(C(=O)CC4CC4)c3)c(C3CC3)c2)N1. The fourth-order valence-corrected chi connectivity index (χ4v) is 3.93. The Morgan fingerprint density at radius 2 is 1.88 bits per heavy atom. The first kappa shape index (κ1) is 20.4. The zero-order chi connectivity index (χ0) is 22.1. The predicted molar refractivity (Wildman–Crippen MR) is 122 cm³/mol. The van der Waals surface area contributed by atoms with E-state index in [1.165, 1.54) is 0 Å². The van der Waals surface area contributed by atoms with Crippen LogP contribution in [0.4, 0.5) is 11.4 Å². The third-order valence-electron chi connectivity index (χ3n) is 6.06. The molecular weight excluding hydrogens is 404 g/mol. The van der Waals surface area contributed by atoms with Gasteiger partial charge in [-0.2, -0.15) is 0 Å². The summed E-state index contributed by atoms with van der Waals surface area (Å²) < 4.78 is 0. The summed E-state index contributed by atoms with van der Waals surface area (Å²) in [6.07, 6.45) is 5.46. The molecule has 5 rings (SSSR count). The summed E-state index contributed by atoms with van der Waals surface area (Å²) in [6.45, 7) is 0.375. The van der Waals surface area contributed by atoms with Gasteiger partial charge in [-0.1, -0.05) is 12.1 Å². The Morgan fingerprint density at radius 1 is 1.03 bits per heavy atom. The minimum atomic E-state index is -0.299. The van der Waals surface area contributed by atoms with Crippen LogP contribution in [0.25, 0.3) is 0 Å². The van der Waals surface area contributed by atoms with Crippen LogP contribution in [-0.4, -0.2) is 30.1 Å². The number of amides is 2. The van der Waals surface area contributed by atoms with Crippen LogP contribution in [0, 0.1) is 5.92 Å². The summed E-state index contributed by atoms with van der Waals surface area (Å²) in [5.41, 5.74) is 4.15. The molecule has 0 saturated heterocycles. The molecule has 3 N–H and O–H groups in total. The van der Waals surface area contributed by atoms with Crippen LogP contribution in [0.5, 0.6) is 0 Å². The maximum Gasteiger partial charge on any atom is 0.257 e. The van der Waals surface area contributed by atoms with Gasteiger partial charge in [0, 0.05) is 35.3 Å². The topological polar surface area (TPSA) is 99.7 Å². The molecule has 2 amide bonds. The molecule has 0 radical (unpaired) electrons. The van der Waals surface area contributed by atoms with Gasteiger partial charge in [0.05, 0.1) is 6.54 Å². The lowest BCUT2D eigenvalue weighted by Gasteiger charge is -2.16. The van der Waals surface area contributed by atoms with E-state index in [-0.39, 0.29) is 23.6 Å². The van der Waals surface area contributed by atoms with Gasteiger partial charge in [0.15, 0.2) is 5.78 Å². The number of anilines is 2. The van der Waals surface area contributed by atoms with Crippen molar-refractivity contribution in [1.29, 1.82) is 0 Å². The van der Waals surface area contributed by atoms with Crippen LogP contribution in [0.2, 0.25) is 0 Å². The average Bonchev–Trinajstić information content (AvgIpc) is 3.69. The molecule has 7 nitrogen and oxygen atoms in total. The highest BCUT2D eigenvalue weighted by Gasteiger charge is 2.28. The summed E-state index contributed by atoms with van der Waals surface area (Å²) in [5.74, 6) is 0.930. The zero-order valence-corrected chi connectivity index (χ0v) is 17.8. The first-order valence-electron chi connectivity index (χ1n) is 11.2. The Bertz CT molecular complexity index is 1120. The molecule has 2 aromatic carbocycles. The van der Waals surface area contributed by atoms with Gasteiger partial charge in [-0.05, 0) is 73.4 Å². The summed E-state index contributed by atoms with van der Waals surface area (Å²) >= 11 is 0. The number of nitrogens with zero attached hydrogens (tertiary/aromatic N) is 1. The molecule has 7 heteroatoms. The maximum absolute atomic E-state index is 12.7. The molecule has 3 aliphatic rings. The number of benzene rings is 2. The average molecular weight is 431 g/mol. The number of ketones is 1. The van der Waals surface area contributed by atoms with Gasteiger partial charge < -0.3 is 5.32 Å². The zero-order valence-electron chi connectivity index (χ0n) is 17.8. The molecule has 0 atom stereocenters. The Balaban J connectivity index is 1.32. The van der Waals surface area contributed by atoms with E-state index < -0.39 is 0 Å². The van der Waals surface area contributed by atoms with Gasteiger partial charge >= 0.3 is 0 Å². The van der Waals surface area contributed by atoms with Crippen molar-refractivity contribution in [1.82, 2.24) is 10.6 Å². The van der Waals surface area contributed by atoms with Crippen molar-refractivity contribution < 1.29 is 14.4 Å². The van der Waals surface area contributed by atoms with E-state index in [4.69, 9.17) is 0 Å². The third kappa shape index (κ3) is 4.88. The van der Waals surface area contributed by atoms with E-state index in [9.17, 15) is 14.4 Å². The molecule has 2 aliphatic carbocycles. The largest absolute Gasteiger partial charge is 0.355 e. The van der Waals surface area contributed by atoms with Crippen molar-refractivity contribution in [3.05, 3.63) is 59.2 Å². The fraction of sp³-hybridized carbons (Fsp3) is 0.360. The Labute approximate surface area is 186 Å². The van der Waals surface area contributed by atoms with Crippen LogP contribution >= 0.6 is 0 Å². The first-order chi connectivity index (χ1) is 15.5. The van der Waals surface area contributed by atoms with E-state index in [2.05, 4.69) is 20.9 Å². The Kier molecular flexibility index (Phi) is 5.47. The number of guanidine groups is 1. The molecule has 0 spiro atoms. The van der Waals surface area contributed by atoms with E-state index in [0.717, 1.165) is 48.2 Å². The van der Waals surface area contributed by atoms with Gasteiger partial charge in [0.1, 0.15) is 0 Å². The molecule has 0 bridgehead atoms. The molecular formula is C25H26N4O3. The number of carbonyl (C=O) groups excluding carboxylic acids is 3. The lowest BCUT2D eigenvalue weighted by molar-refractivity contribution is -0.119. The molecule has 1 aliphatic heterocycles. The number of hydrogen-bond acceptors (Lipinski definition) is 5. The molecule has 0 aromatic heterocycles. The van der Waals surface area contributed by atoms with Crippen molar-refractivity contribution in [2.24, 2.45) is 10.9 Å². The number of aliphatic imine (C=N–C) groups is 1. The summed E-state index contributed by atoms with van der Waals surface area (Å²) in [6, 6.07) is 13.2. The second kappa shape index (κ2) is 8.57. The minimum Gasteiger partial charge on any atom is -0.355 e. The molecule has 0 unspecified atom stereocenters. The predicted octanol–water partition coefficient (Wildman–Crippen LogP) is 3.90. The van der Waals surface area contributed by atoms with Crippen molar-refractivity contribution >= 4 is 34.9 Å². The fourth-order valence-electron chi connectivity index (χ4n) is 3.93. The molecule has 1 heterocycles. The van der Waals surface area contributed by atoms with Crippen molar-refractivity contribution in [3.63, 3.8) is 0 Å². The molecule has 2 aromatic rings. The second-order valence-corrected chi connectivity index (χ2v) is 8.84. The summed E-state index contributed by atoms with van der Waals surface area (Å²) in [7, 11) is 0. The van der Waals surface area contributed by atoms with Gasteiger partial charge in [-0.15, -0.1) is 0 Å². The lowest BCUT2D eigenvalue weighted by atomic mass is 10.0. The van der Waals surface area contributed by atoms with Crippen molar-refractivity contribution in [2.75, 3.05) is 11.9 Å². The van der Waals surface area contributed by atoms with Crippen LogP contribution in [0.1, 0.15) is 70.7 Å². The quantitative estimate of drug-likeness (QED) is 0.580. The number of carbonyl (C=O) groups is 3. The standard InChI is InChI=1S/C25H26N4O3/c30-22(12-15-4-5-15)17-2-1-3-19(13-17)27-21-9-8-18(14-20(21)16-6-7-16)24(32)29-25-26-11-10-23(31)28-25/h1-3,8-9,13-16,27H,4-7,10-12H2,(H2,26,28,29,31,32). The lowest BCUT2D eigenvalue weighted by Crippen LogP contribution is -2.46. The normalized spacial score (nSPS) is 17.9. The minimum absolute atomic E-state index is 0.147. The first-order valence-corrected chi connectivity index (χ1v) is 11.2. The van der Waals surface area contributed by atoms with E-state index in [1.807, 2.05) is 36.4 Å². The van der Waals surface area contributed by atoms with Gasteiger partial charge in [-0.3, -0.25) is 30.0 Å². The highest BCUT2D eigenvalue weighted by Crippen LogP contribution is 2.44. The van der Waals surface area contributed by atoms with Crippen LogP contribution < -0.4 is 16.0 Å². The van der Waals surface area contributed by atoms with E-state index >= 15 is 0 Å². The summed E-state index contributed by atoms with van der Waals surface area (Å²) in [5, 5.41) is 8.71. The number of rotatable bonds is 7. The Hall–Kier alpha value is -3.48. The van der Waals surface area contributed by atoms with Crippen LogP contribution in [0.3, 0.4) is 0 Å². The highest BCUT2D eigenvalue weighted by molar-refractivity contribution is 6.10. The smallest absolute Gasteiger partial charge is 0.257 e. The molecule has 2 saturated carbocycles. The monoisotopic (exact) mass is 430 g/mol. The summed E-state index contributed by atoms with van der Waals surface area (Å²) in [4.78, 5) is 40.8.